The summed E-state index contributed by atoms with van der Waals surface area (Å²) in [5.41, 5.74) is 9.29. The second-order valence-electron chi connectivity index (χ2n) is 4.88. The van der Waals surface area contributed by atoms with Crippen molar-refractivity contribution in [1.29, 1.82) is 0 Å². The van der Waals surface area contributed by atoms with E-state index in [2.05, 4.69) is 36.6 Å². The fourth-order valence-corrected chi connectivity index (χ4v) is 3.15. The number of ether oxygens (including phenoxy) is 1. The molecule has 4 heteroatoms. The van der Waals surface area contributed by atoms with Crippen LogP contribution in [0.4, 0.5) is 0 Å². The van der Waals surface area contributed by atoms with E-state index >= 15 is 0 Å². The van der Waals surface area contributed by atoms with Crippen LogP contribution in [0.25, 0.3) is 11.3 Å². The highest BCUT2D eigenvalue weighted by atomic mass is 32.1. The minimum absolute atomic E-state index is 0.0350. The van der Waals surface area contributed by atoms with Gasteiger partial charge in [0.25, 0.3) is 0 Å². The first-order valence-corrected chi connectivity index (χ1v) is 6.92. The lowest BCUT2D eigenvalue weighted by atomic mass is 9.87. The summed E-state index contributed by atoms with van der Waals surface area (Å²) < 4.78 is 5.30. The SMILES string of the molecule is Cc1cccc(-c2csc(C3(CN)COC3)n2)c1. The van der Waals surface area contributed by atoms with Crippen molar-refractivity contribution in [2.75, 3.05) is 19.8 Å². The fourth-order valence-electron chi connectivity index (χ4n) is 2.13. The third-order valence-electron chi connectivity index (χ3n) is 3.42. The van der Waals surface area contributed by atoms with Crippen molar-refractivity contribution in [3.05, 3.63) is 40.2 Å². The van der Waals surface area contributed by atoms with Crippen LogP contribution >= 0.6 is 11.3 Å². The third-order valence-corrected chi connectivity index (χ3v) is 4.51. The summed E-state index contributed by atoms with van der Waals surface area (Å²) >= 11 is 1.69. The molecule has 0 unspecified atom stereocenters. The Morgan fingerprint density at radius 3 is 2.89 bits per heavy atom. The van der Waals surface area contributed by atoms with Crippen LogP contribution in [0.3, 0.4) is 0 Å². The quantitative estimate of drug-likeness (QED) is 0.921. The zero-order valence-corrected chi connectivity index (χ0v) is 11.2. The van der Waals surface area contributed by atoms with Crippen LogP contribution in [0.5, 0.6) is 0 Å². The van der Waals surface area contributed by atoms with Crippen molar-refractivity contribution in [2.45, 2.75) is 12.3 Å². The van der Waals surface area contributed by atoms with E-state index in [0.717, 1.165) is 10.7 Å². The Labute approximate surface area is 111 Å². The number of hydrogen-bond acceptors (Lipinski definition) is 4. The highest BCUT2D eigenvalue weighted by Crippen LogP contribution is 2.35. The molecule has 0 bridgehead atoms. The second-order valence-corrected chi connectivity index (χ2v) is 5.74. The van der Waals surface area contributed by atoms with Crippen LogP contribution in [0, 0.1) is 6.92 Å². The molecule has 0 amide bonds. The number of benzene rings is 1. The Balaban J connectivity index is 1.94. The molecule has 1 saturated heterocycles. The Hall–Kier alpha value is -1.23. The number of aromatic nitrogens is 1. The average Bonchev–Trinajstić information content (AvgIpc) is 2.78. The number of rotatable bonds is 3. The maximum absolute atomic E-state index is 5.86. The summed E-state index contributed by atoms with van der Waals surface area (Å²) in [5.74, 6) is 0. The van der Waals surface area contributed by atoms with Gasteiger partial charge in [0.05, 0.1) is 24.3 Å². The number of nitrogens with zero attached hydrogens (tertiary/aromatic N) is 1. The number of nitrogens with two attached hydrogens (primary N) is 1. The van der Waals surface area contributed by atoms with E-state index in [1.807, 2.05) is 0 Å². The van der Waals surface area contributed by atoms with Crippen LogP contribution in [0.2, 0.25) is 0 Å². The molecule has 1 aromatic heterocycles. The summed E-state index contributed by atoms with van der Waals surface area (Å²) in [6.45, 7) is 4.10. The summed E-state index contributed by atoms with van der Waals surface area (Å²) in [6, 6.07) is 8.41. The van der Waals surface area contributed by atoms with Gasteiger partial charge in [0.15, 0.2) is 0 Å². The van der Waals surface area contributed by atoms with E-state index in [0.29, 0.717) is 19.8 Å². The first kappa shape index (κ1) is 11.8. The Kier molecular flexibility index (Phi) is 2.93. The smallest absolute Gasteiger partial charge is 0.105 e. The molecular formula is C14H16N2OS. The second kappa shape index (κ2) is 4.46. The first-order valence-electron chi connectivity index (χ1n) is 6.04. The molecule has 18 heavy (non-hydrogen) atoms. The highest BCUT2D eigenvalue weighted by Gasteiger charge is 2.41. The number of hydrogen-bond donors (Lipinski definition) is 1. The van der Waals surface area contributed by atoms with Crippen LogP contribution in [-0.4, -0.2) is 24.7 Å². The van der Waals surface area contributed by atoms with Crippen molar-refractivity contribution in [3.63, 3.8) is 0 Å². The Morgan fingerprint density at radius 1 is 1.44 bits per heavy atom. The molecule has 0 spiro atoms. The predicted molar refractivity (Wildman–Crippen MR) is 73.8 cm³/mol. The molecule has 1 aliphatic rings. The van der Waals surface area contributed by atoms with Crippen LogP contribution in [0.1, 0.15) is 10.6 Å². The first-order chi connectivity index (χ1) is 8.73. The summed E-state index contributed by atoms with van der Waals surface area (Å²) in [5, 5.41) is 3.22. The molecule has 0 saturated carbocycles. The minimum atomic E-state index is -0.0350. The van der Waals surface area contributed by atoms with E-state index in [1.165, 1.54) is 11.1 Å². The molecule has 1 fully saturated rings. The van der Waals surface area contributed by atoms with Gasteiger partial charge in [-0.3, -0.25) is 0 Å². The molecular weight excluding hydrogens is 244 g/mol. The van der Waals surface area contributed by atoms with Crippen LogP contribution < -0.4 is 5.73 Å². The predicted octanol–water partition coefficient (Wildman–Crippen LogP) is 2.35. The zero-order valence-electron chi connectivity index (χ0n) is 10.3. The van der Waals surface area contributed by atoms with Crippen LogP contribution in [-0.2, 0) is 10.2 Å². The average molecular weight is 260 g/mol. The van der Waals surface area contributed by atoms with Crippen molar-refractivity contribution in [1.82, 2.24) is 4.98 Å². The van der Waals surface area contributed by atoms with Gasteiger partial charge in [0, 0.05) is 17.5 Å². The van der Waals surface area contributed by atoms with Gasteiger partial charge in [-0.05, 0) is 13.0 Å². The molecule has 3 nitrogen and oxygen atoms in total. The van der Waals surface area contributed by atoms with Gasteiger partial charge in [0.1, 0.15) is 5.01 Å². The summed E-state index contributed by atoms with van der Waals surface area (Å²) in [7, 11) is 0. The fraction of sp³-hybridized carbons (Fsp3) is 0.357. The maximum Gasteiger partial charge on any atom is 0.105 e. The van der Waals surface area contributed by atoms with Crippen molar-refractivity contribution in [3.8, 4) is 11.3 Å². The van der Waals surface area contributed by atoms with E-state index in [4.69, 9.17) is 15.5 Å². The van der Waals surface area contributed by atoms with Gasteiger partial charge in [-0.15, -0.1) is 11.3 Å². The zero-order chi connectivity index (χ0) is 12.6. The normalized spacial score (nSPS) is 17.4. The van der Waals surface area contributed by atoms with Gasteiger partial charge in [-0.1, -0.05) is 23.8 Å². The maximum atomic E-state index is 5.86. The van der Waals surface area contributed by atoms with Crippen molar-refractivity contribution >= 4 is 11.3 Å². The van der Waals surface area contributed by atoms with Gasteiger partial charge >= 0.3 is 0 Å². The summed E-state index contributed by atoms with van der Waals surface area (Å²) in [6.07, 6.45) is 0. The lowest BCUT2D eigenvalue weighted by Gasteiger charge is -2.38. The molecule has 0 aliphatic carbocycles. The summed E-state index contributed by atoms with van der Waals surface area (Å²) in [4.78, 5) is 4.75. The molecule has 2 aromatic rings. The van der Waals surface area contributed by atoms with Gasteiger partial charge in [0.2, 0.25) is 0 Å². The van der Waals surface area contributed by atoms with E-state index in [1.54, 1.807) is 11.3 Å². The molecule has 3 rings (SSSR count). The molecule has 1 aliphatic heterocycles. The molecule has 94 valence electrons. The molecule has 0 atom stereocenters. The van der Waals surface area contributed by atoms with Crippen molar-refractivity contribution in [2.24, 2.45) is 5.73 Å². The molecule has 1 aromatic carbocycles. The van der Waals surface area contributed by atoms with Crippen molar-refractivity contribution < 1.29 is 4.74 Å². The Bertz CT molecular complexity index is 555. The van der Waals surface area contributed by atoms with E-state index < -0.39 is 0 Å². The largest absolute Gasteiger partial charge is 0.379 e. The Morgan fingerprint density at radius 2 is 2.28 bits per heavy atom. The highest BCUT2D eigenvalue weighted by molar-refractivity contribution is 7.10. The minimum Gasteiger partial charge on any atom is -0.379 e. The molecule has 2 heterocycles. The van der Waals surface area contributed by atoms with Crippen LogP contribution in [0.15, 0.2) is 29.6 Å². The number of aryl methyl sites for hydroxylation is 1. The molecule has 0 radical (unpaired) electrons. The topological polar surface area (TPSA) is 48.1 Å². The van der Waals surface area contributed by atoms with E-state index in [9.17, 15) is 0 Å². The lowest BCUT2D eigenvalue weighted by molar-refractivity contribution is -0.0550. The van der Waals surface area contributed by atoms with Gasteiger partial charge < -0.3 is 10.5 Å². The van der Waals surface area contributed by atoms with Gasteiger partial charge in [-0.2, -0.15) is 0 Å². The monoisotopic (exact) mass is 260 g/mol. The standard InChI is InChI=1S/C14H16N2OS/c1-10-3-2-4-11(5-10)12-6-18-13(16-12)14(7-15)8-17-9-14/h2-6H,7-9,15H2,1H3. The van der Waals surface area contributed by atoms with Gasteiger partial charge in [-0.25, -0.2) is 4.98 Å². The lowest BCUT2D eigenvalue weighted by Crippen LogP contribution is -2.52. The number of thiazole rings is 1. The van der Waals surface area contributed by atoms with E-state index in [-0.39, 0.29) is 5.41 Å². The third kappa shape index (κ3) is 1.86. The molecule has 2 N–H and O–H groups in total.